The fourth-order valence-electron chi connectivity index (χ4n) is 1.66. The molecule has 0 atom stereocenters. The Morgan fingerprint density at radius 3 is 3.00 bits per heavy atom. The fourth-order valence-corrected chi connectivity index (χ4v) is 3.19. The maximum absolute atomic E-state index is 11.1. The van der Waals surface area contributed by atoms with Crippen LogP contribution >= 0.6 is 22.7 Å². The van der Waals surface area contributed by atoms with E-state index in [0.717, 1.165) is 9.88 Å². The fraction of sp³-hybridized carbons (Fsp3) is 0.182. The molecule has 0 bridgehead atoms. The summed E-state index contributed by atoms with van der Waals surface area (Å²) in [5.41, 5.74) is 0.922. The van der Waals surface area contributed by atoms with Gasteiger partial charge in [-0.25, -0.2) is 0 Å². The highest BCUT2D eigenvalue weighted by atomic mass is 32.1. The van der Waals surface area contributed by atoms with E-state index in [0.29, 0.717) is 23.7 Å². The summed E-state index contributed by atoms with van der Waals surface area (Å²) in [5, 5.41) is 19.2. The van der Waals surface area contributed by atoms with Crippen molar-refractivity contribution in [3.8, 4) is 15.7 Å². The largest absolute Gasteiger partial charge is 0.377 e. The first-order chi connectivity index (χ1) is 9.83. The summed E-state index contributed by atoms with van der Waals surface area (Å²) in [6.07, 6.45) is 0.690. The molecule has 102 valence electrons. The smallest absolute Gasteiger partial charge is 0.234 e. The summed E-state index contributed by atoms with van der Waals surface area (Å²) >= 11 is 2.86. The van der Waals surface area contributed by atoms with Gasteiger partial charge in [-0.05, 0) is 11.4 Å². The van der Waals surface area contributed by atoms with Gasteiger partial charge in [0.15, 0.2) is 12.0 Å². The van der Waals surface area contributed by atoms with Crippen LogP contribution in [0, 0.1) is 0 Å². The van der Waals surface area contributed by atoms with Crippen molar-refractivity contribution in [3.05, 3.63) is 28.2 Å². The summed E-state index contributed by atoms with van der Waals surface area (Å²) in [7, 11) is 1.60. The van der Waals surface area contributed by atoms with Crippen molar-refractivity contribution >= 4 is 29.0 Å². The van der Waals surface area contributed by atoms with E-state index in [1.807, 2.05) is 17.5 Å². The molecule has 0 spiro atoms. The number of hydrogen-bond acceptors (Lipinski definition) is 8. The summed E-state index contributed by atoms with van der Waals surface area (Å²) in [6.45, 7) is 0.390. The van der Waals surface area contributed by atoms with Gasteiger partial charge in [-0.1, -0.05) is 22.6 Å². The molecule has 0 saturated heterocycles. The van der Waals surface area contributed by atoms with E-state index in [-0.39, 0.29) is 5.69 Å². The molecule has 20 heavy (non-hydrogen) atoms. The van der Waals surface area contributed by atoms with Crippen LogP contribution in [-0.2, 0) is 11.3 Å². The second-order valence-corrected chi connectivity index (χ2v) is 5.73. The van der Waals surface area contributed by atoms with Gasteiger partial charge in [0.1, 0.15) is 17.3 Å². The molecule has 0 N–H and O–H groups in total. The Hall–Kier alpha value is -1.97. The number of rotatable bonds is 5. The van der Waals surface area contributed by atoms with Crippen molar-refractivity contribution in [1.29, 1.82) is 0 Å². The van der Waals surface area contributed by atoms with Crippen LogP contribution in [0.25, 0.3) is 15.7 Å². The van der Waals surface area contributed by atoms with E-state index >= 15 is 0 Å². The third-order valence-electron chi connectivity index (χ3n) is 2.47. The zero-order valence-corrected chi connectivity index (χ0v) is 12.0. The molecule has 0 fully saturated rings. The Morgan fingerprint density at radius 2 is 2.30 bits per heavy atom. The van der Waals surface area contributed by atoms with Crippen molar-refractivity contribution in [2.75, 3.05) is 7.11 Å². The number of ether oxygens (including phenoxy) is 1. The van der Waals surface area contributed by atoms with E-state index in [2.05, 4.69) is 20.5 Å². The molecule has 0 amide bonds. The minimum atomic E-state index is 0.288. The second kappa shape index (κ2) is 5.57. The number of hydrogen-bond donors (Lipinski definition) is 0. The first-order valence-electron chi connectivity index (χ1n) is 5.60. The highest BCUT2D eigenvalue weighted by molar-refractivity contribution is 7.14. The van der Waals surface area contributed by atoms with E-state index < -0.39 is 0 Å². The van der Waals surface area contributed by atoms with E-state index in [1.165, 1.54) is 27.4 Å². The number of aldehydes is 1. The maximum Gasteiger partial charge on any atom is 0.234 e. The molecule has 0 radical (unpaired) electrons. The van der Waals surface area contributed by atoms with Crippen LogP contribution in [0.3, 0.4) is 0 Å². The molecule has 0 aliphatic rings. The van der Waals surface area contributed by atoms with Gasteiger partial charge in [-0.15, -0.1) is 26.6 Å². The van der Waals surface area contributed by atoms with Crippen LogP contribution in [0.2, 0.25) is 0 Å². The SMILES string of the molecule is COCc1nnc(-n2nnc(C=O)c2-c2cccs2)s1. The van der Waals surface area contributed by atoms with Crippen LogP contribution < -0.4 is 0 Å². The first kappa shape index (κ1) is 13.0. The predicted molar refractivity (Wildman–Crippen MR) is 74.2 cm³/mol. The molecule has 0 aliphatic heterocycles. The topological polar surface area (TPSA) is 82.8 Å². The Labute approximate surface area is 121 Å². The molecule has 0 aromatic carbocycles. The third-order valence-corrected chi connectivity index (χ3v) is 4.22. The minimum absolute atomic E-state index is 0.288. The van der Waals surface area contributed by atoms with E-state index in [1.54, 1.807) is 7.11 Å². The highest BCUT2D eigenvalue weighted by Gasteiger charge is 2.19. The molecule has 0 aliphatic carbocycles. The Morgan fingerprint density at radius 1 is 1.40 bits per heavy atom. The van der Waals surface area contributed by atoms with Crippen molar-refractivity contribution in [3.63, 3.8) is 0 Å². The monoisotopic (exact) mass is 307 g/mol. The number of carbonyl (C=O) groups is 1. The van der Waals surface area contributed by atoms with Crippen molar-refractivity contribution < 1.29 is 9.53 Å². The molecular formula is C11H9N5O2S2. The zero-order valence-electron chi connectivity index (χ0n) is 10.4. The number of nitrogens with zero attached hydrogens (tertiary/aromatic N) is 5. The zero-order chi connectivity index (χ0) is 13.9. The number of methoxy groups -OCH3 is 1. The van der Waals surface area contributed by atoms with Crippen LogP contribution in [0.1, 0.15) is 15.5 Å². The third kappa shape index (κ3) is 2.26. The Balaban J connectivity index is 2.09. The van der Waals surface area contributed by atoms with Gasteiger partial charge in [0.25, 0.3) is 0 Å². The summed E-state index contributed by atoms with van der Waals surface area (Å²) in [5.74, 6) is 0. The normalized spacial score (nSPS) is 10.8. The molecule has 9 heteroatoms. The Kier molecular flexibility index (Phi) is 3.63. The molecule has 0 unspecified atom stereocenters. The quantitative estimate of drug-likeness (QED) is 0.668. The lowest BCUT2D eigenvalue weighted by molar-refractivity contribution is 0.111. The van der Waals surface area contributed by atoms with Crippen molar-refractivity contribution in [1.82, 2.24) is 25.2 Å². The van der Waals surface area contributed by atoms with Gasteiger partial charge in [-0.2, -0.15) is 4.68 Å². The minimum Gasteiger partial charge on any atom is -0.377 e. The van der Waals surface area contributed by atoms with Crippen molar-refractivity contribution in [2.24, 2.45) is 0 Å². The maximum atomic E-state index is 11.1. The summed E-state index contributed by atoms with van der Waals surface area (Å²) in [6, 6.07) is 3.81. The van der Waals surface area contributed by atoms with Gasteiger partial charge in [0.2, 0.25) is 5.13 Å². The molecular weight excluding hydrogens is 298 g/mol. The molecule has 0 saturated carbocycles. The van der Waals surface area contributed by atoms with E-state index in [4.69, 9.17) is 4.74 Å². The van der Waals surface area contributed by atoms with Gasteiger partial charge in [-0.3, -0.25) is 4.79 Å². The lowest BCUT2D eigenvalue weighted by atomic mass is 10.3. The van der Waals surface area contributed by atoms with Gasteiger partial charge < -0.3 is 4.74 Å². The van der Waals surface area contributed by atoms with Gasteiger partial charge in [0.05, 0.1) is 4.88 Å². The average molecular weight is 307 g/mol. The number of carbonyl (C=O) groups excluding carboxylic acids is 1. The van der Waals surface area contributed by atoms with Crippen LogP contribution in [-0.4, -0.2) is 38.6 Å². The lowest BCUT2D eigenvalue weighted by Gasteiger charge is -1.99. The predicted octanol–water partition coefficient (Wildman–Crippen LogP) is 1.81. The first-order valence-corrected chi connectivity index (χ1v) is 7.29. The Bertz CT molecular complexity index is 719. The molecule has 7 nitrogen and oxygen atoms in total. The van der Waals surface area contributed by atoms with Crippen LogP contribution in [0.15, 0.2) is 17.5 Å². The van der Waals surface area contributed by atoms with Gasteiger partial charge >= 0.3 is 0 Å². The second-order valence-electron chi connectivity index (χ2n) is 3.74. The molecule has 3 rings (SSSR count). The number of thiophene rings is 1. The van der Waals surface area contributed by atoms with Gasteiger partial charge in [0, 0.05) is 7.11 Å². The molecule has 3 aromatic heterocycles. The molecule has 3 aromatic rings. The number of aromatic nitrogens is 5. The summed E-state index contributed by atoms with van der Waals surface area (Å²) in [4.78, 5) is 12.0. The standard InChI is InChI=1S/C11H9N5O2S2/c1-18-6-9-13-14-11(20-9)16-10(7(5-17)12-15-16)8-3-2-4-19-8/h2-5H,6H2,1H3. The summed E-state index contributed by atoms with van der Waals surface area (Å²) < 4.78 is 6.55. The molecule has 3 heterocycles. The van der Waals surface area contributed by atoms with Crippen LogP contribution in [0.5, 0.6) is 0 Å². The van der Waals surface area contributed by atoms with Crippen LogP contribution in [0.4, 0.5) is 0 Å². The van der Waals surface area contributed by atoms with E-state index in [9.17, 15) is 4.79 Å². The highest BCUT2D eigenvalue weighted by Crippen LogP contribution is 2.29. The lowest BCUT2D eigenvalue weighted by Crippen LogP contribution is -1.98. The van der Waals surface area contributed by atoms with Crippen molar-refractivity contribution in [2.45, 2.75) is 6.61 Å². The average Bonchev–Trinajstić information content (AvgIpc) is 3.18.